The van der Waals surface area contributed by atoms with E-state index in [1.165, 1.54) is 11.7 Å². The van der Waals surface area contributed by atoms with Crippen molar-refractivity contribution in [2.75, 3.05) is 6.61 Å². The molecule has 0 spiro atoms. The molecule has 1 saturated carbocycles. The van der Waals surface area contributed by atoms with Crippen LogP contribution < -0.4 is 10.6 Å². The molecule has 0 radical (unpaired) electrons. The first-order valence-corrected chi connectivity index (χ1v) is 8.10. The van der Waals surface area contributed by atoms with Crippen molar-refractivity contribution >= 4 is 22.8 Å². The van der Waals surface area contributed by atoms with Gasteiger partial charge in [0, 0.05) is 19.4 Å². The summed E-state index contributed by atoms with van der Waals surface area (Å²) >= 11 is 0. The summed E-state index contributed by atoms with van der Waals surface area (Å²) < 4.78 is 5.64. The fourth-order valence-corrected chi connectivity index (χ4v) is 3.65. The number of carbonyl (C=O) groups is 2. The fraction of sp³-hybridized carbons (Fsp3) is 0.500. The van der Waals surface area contributed by atoms with Gasteiger partial charge in [0.2, 0.25) is 11.8 Å². The van der Waals surface area contributed by atoms with Gasteiger partial charge >= 0.3 is 0 Å². The Bertz CT molecular complexity index is 756. The van der Waals surface area contributed by atoms with Crippen molar-refractivity contribution in [3.63, 3.8) is 0 Å². The van der Waals surface area contributed by atoms with Crippen molar-refractivity contribution in [3.8, 4) is 0 Å². The van der Waals surface area contributed by atoms with Crippen LogP contribution in [0, 0.1) is 5.92 Å². The average Bonchev–Trinajstić information content (AvgIpc) is 3.14. The van der Waals surface area contributed by atoms with Crippen LogP contribution in [-0.4, -0.2) is 51.6 Å². The molecule has 1 aliphatic carbocycles. The van der Waals surface area contributed by atoms with E-state index in [-0.39, 0.29) is 42.5 Å². The predicted octanol–water partition coefficient (Wildman–Crippen LogP) is -0.160. The van der Waals surface area contributed by atoms with Gasteiger partial charge in [-0.05, 0) is 18.6 Å². The Morgan fingerprint density at radius 3 is 2.58 bits per heavy atom. The van der Waals surface area contributed by atoms with Crippen molar-refractivity contribution in [1.82, 2.24) is 25.6 Å². The van der Waals surface area contributed by atoms with Gasteiger partial charge in [0.05, 0.1) is 18.2 Å². The Hall–Kier alpha value is -2.48. The Kier molecular flexibility index (Phi) is 3.68. The van der Waals surface area contributed by atoms with Gasteiger partial charge in [0.1, 0.15) is 17.6 Å². The molecule has 2 fully saturated rings. The molecule has 4 rings (SSSR count). The molecule has 126 valence electrons. The third-order valence-corrected chi connectivity index (χ3v) is 4.70. The molecule has 24 heavy (non-hydrogen) atoms. The monoisotopic (exact) mass is 329 g/mol. The minimum atomic E-state index is -0.166. The molecule has 0 unspecified atom stereocenters. The number of hydrogen-bond acceptors (Lipinski definition) is 5. The number of hydrogen-bond donors (Lipinski definition) is 2. The van der Waals surface area contributed by atoms with E-state index < -0.39 is 0 Å². The summed E-state index contributed by atoms with van der Waals surface area (Å²) in [5.41, 5.74) is 1.52. The van der Waals surface area contributed by atoms with Crippen molar-refractivity contribution in [3.05, 3.63) is 24.3 Å². The highest BCUT2D eigenvalue weighted by atomic mass is 16.5. The van der Waals surface area contributed by atoms with Crippen molar-refractivity contribution in [2.24, 2.45) is 5.92 Å². The minimum Gasteiger partial charge on any atom is -0.376 e. The number of nitrogens with zero attached hydrogens (tertiary/aromatic N) is 3. The zero-order chi connectivity index (χ0) is 16.7. The van der Waals surface area contributed by atoms with Gasteiger partial charge in [0.15, 0.2) is 0 Å². The van der Waals surface area contributed by atoms with E-state index in [4.69, 9.17) is 4.74 Å². The van der Waals surface area contributed by atoms with E-state index in [0.717, 1.165) is 17.5 Å². The Morgan fingerprint density at radius 2 is 1.92 bits per heavy atom. The molecular weight excluding hydrogens is 310 g/mol. The normalized spacial score (nSPS) is 28.2. The Balaban J connectivity index is 1.42. The van der Waals surface area contributed by atoms with Crippen molar-refractivity contribution in [2.45, 2.75) is 38.1 Å². The van der Waals surface area contributed by atoms with Gasteiger partial charge < -0.3 is 15.4 Å². The molecule has 1 aromatic carbocycles. The van der Waals surface area contributed by atoms with E-state index >= 15 is 0 Å². The van der Waals surface area contributed by atoms with Gasteiger partial charge in [-0.15, -0.1) is 0 Å². The molecule has 1 aliphatic heterocycles. The van der Waals surface area contributed by atoms with Crippen LogP contribution in [-0.2, 0) is 20.9 Å². The third-order valence-electron chi connectivity index (χ3n) is 4.70. The maximum absolute atomic E-state index is 12.3. The summed E-state index contributed by atoms with van der Waals surface area (Å²) in [6.45, 7) is 2.19. The molecular formula is C16H19N5O3. The molecule has 1 saturated heterocycles. The van der Waals surface area contributed by atoms with Gasteiger partial charge in [0.25, 0.3) is 0 Å². The number of fused-ring (bicyclic) bond motifs is 2. The fourth-order valence-electron chi connectivity index (χ4n) is 3.65. The molecule has 2 aromatic rings. The molecule has 2 amide bonds. The summed E-state index contributed by atoms with van der Waals surface area (Å²) in [6, 6.07) is 7.22. The quantitative estimate of drug-likeness (QED) is 0.812. The maximum atomic E-state index is 12.3. The molecule has 0 bridgehead atoms. The van der Waals surface area contributed by atoms with Crippen LogP contribution in [0.4, 0.5) is 0 Å². The smallest absolute Gasteiger partial charge is 0.243 e. The molecule has 2 N–H and O–H groups in total. The summed E-state index contributed by atoms with van der Waals surface area (Å²) in [5.74, 6) is -0.0235. The summed E-state index contributed by atoms with van der Waals surface area (Å²) in [7, 11) is 0. The van der Waals surface area contributed by atoms with Crippen LogP contribution in [0.2, 0.25) is 0 Å². The SMILES string of the molecule is CC(=O)N[C@H]1[C@H](NC(=O)Cn2nc3ccccc3n2)[C@@H]2CCO[C@@H]21. The summed E-state index contributed by atoms with van der Waals surface area (Å²) in [4.78, 5) is 25.1. The van der Waals surface area contributed by atoms with E-state index in [1.54, 1.807) is 0 Å². The predicted molar refractivity (Wildman–Crippen MR) is 84.9 cm³/mol. The largest absolute Gasteiger partial charge is 0.376 e. The first-order valence-electron chi connectivity index (χ1n) is 8.10. The van der Waals surface area contributed by atoms with Crippen LogP contribution in [0.1, 0.15) is 13.3 Å². The number of aromatic nitrogens is 3. The highest BCUT2D eigenvalue weighted by Gasteiger charge is 2.54. The van der Waals surface area contributed by atoms with Crippen molar-refractivity contribution in [1.29, 1.82) is 0 Å². The second-order valence-electron chi connectivity index (χ2n) is 6.33. The van der Waals surface area contributed by atoms with Gasteiger partial charge in [-0.3, -0.25) is 9.59 Å². The highest BCUT2D eigenvalue weighted by molar-refractivity contribution is 5.78. The van der Waals surface area contributed by atoms with Gasteiger partial charge in [-0.2, -0.15) is 15.0 Å². The molecule has 1 aromatic heterocycles. The van der Waals surface area contributed by atoms with E-state index in [0.29, 0.717) is 6.61 Å². The van der Waals surface area contributed by atoms with E-state index in [2.05, 4.69) is 20.8 Å². The average molecular weight is 329 g/mol. The lowest BCUT2D eigenvalue weighted by molar-refractivity contribution is -0.130. The zero-order valence-electron chi connectivity index (χ0n) is 13.3. The topological polar surface area (TPSA) is 98.1 Å². The number of nitrogens with one attached hydrogen (secondary N) is 2. The lowest BCUT2D eigenvalue weighted by atomic mass is 9.71. The standard InChI is InChI=1S/C16H19N5O3/c1-9(22)17-15-14(10-6-7-24-16(10)15)18-13(23)8-21-19-11-4-2-3-5-12(11)20-21/h2-5,10,14-16H,6-8H2,1H3,(H,17,22)(H,18,23)/t10-,14+,15-,16-/m0/s1. The molecule has 2 heterocycles. The number of amides is 2. The van der Waals surface area contributed by atoms with Crippen molar-refractivity contribution < 1.29 is 14.3 Å². The number of rotatable bonds is 4. The lowest BCUT2D eigenvalue weighted by Gasteiger charge is -2.47. The highest BCUT2D eigenvalue weighted by Crippen LogP contribution is 2.39. The van der Waals surface area contributed by atoms with E-state index in [9.17, 15) is 9.59 Å². The van der Waals surface area contributed by atoms with Crippen LogP contribution in [0.3, 0.4) is 0 Å². The third kappa shape index (κ3) is 2.62. The zero-order valence-corrected chi connectivity index (χ0v) is 13.3. The maximum Gasteiger partial charge on any atom is 0.243 e. The minimum absolute atomic E-state index is 0.00427. The second-order valence-corrected chi connectivity index (χ2v) is 6.33. The number of ether oxygens (including phenoxy) is 1. The Labute approximate surface area is 138 Å². The second kappa shape index (κ2) is 5.86. The van der Waals surface area contributed by atoms with Gasteiger partial charge in [-0.1, -0.05) is 12.1 Å². The van der Waals surface area contributed by atoms with Gasteiger partial charge in [-0.25, -0.2) is 0 Å². The van der Waals surface area contributed by atoms with Crippen LogP contribution >= 0.6 is 0 Å². The number of carbonyl (C=O) groups excluding carboxylic acids is 2. The van der Waals surface area contributed by atoms with E-state index in [1.807, 2.05) is 24.3 Å². The summed E-state index contributed by atoms with van der Waals surface area (Å²) in [6.07, 6.45) is 0.903. The lowest BCUT2D eigenvalue weighted by Crippen LogP contribution is -2.71. The molecule has 4 atom stereocenters. The first kappa shape index (κ1) is 15.1. The van der Waals surface area contributed by atoms with Crippen LogP contribution in [0.25, 0.3) is 11.0 Å². The molecule has 2 aliphatic rings. The summed E-state index contributed by atoms with van der Waals surface area (Å²) in [5, 5.41) is 14.5. The Morgan fingerprint density at radius 1 is 1.21 bits per heavy atom. The first-order chi connectivity index (χ1) is 11.6. The van der Waals surface area contributed by atoms with Crippen LogP contribution in [0.5, 0.6) is 0 Å². The number of benzene rings is 1. The molecule has 8 heteroatoms. The molecule has 8 nitrogen and oxygen atoms in total. The van der Waals surface area contributed by atoms with Crippen LogP contribution in [0.15, 0.2) is 24.3 Å².